The van der Waals surface area contributed by atoms with Gasteiger partial charge in [0.2, 0.25) is 5.91 Å². The minimum atomic E-state index is -0.0719. The molecule has 17 heavy (non-hydrogen) atoms. The molecular formula is C13H22N2OS. The SMILES string of the molecule is CC(C)CN(C)[C@@H](C)C(=O)NCc1cccs1. The summed E-state index contributed by atoms with van der Waals surface area (Å²) >= 11 is 1.67. The molecule has 0 aliphatic heterocycles. The number of thiophene rings is 1. The number of hydrogen-bond donors (Lipinski definition) is 1. The number of carbonyl (C=O) groups excluding carboxylic acids is 1. The molecule has 0 unspecified atom stereocenters. The van der Waals surface area contributed by atoms with Gasteiger partial charge in [-0.15, -0.1) is 11.3 Å². The lowest BCUT2D eigenvalue weighted by atomic mass is 10.2. The second-order valence-corrected chi connectivity index (χ2v) is 5.84. The van der Waals surface area contributed by atoms with Gasteiger partial charge < -0.3 is 5.32 Å². The Labute approximate surface area is 108 Å². The molecule has 1 aromatic heterocycles. The Morgan fingerprint density at radius 1 is 1.47 bits per heavy atom. The molecule has 0 aliphatic carbocycles. The zero-order valence-corrected chi connectivity index (χ0v) is 11.9. The van der Waals surface area contributed by atoms with E-state index < -0.39 is 0 Å². The standard InChI is InChI=1S/C13H22N2OS/c1-10(2)9-15(4)11(3)13(16)14-8-12-6-5-7-17-12/h5-7,10-11H,8-9H2,1-4H3,(H,14,16)/t11-/m0/s1. The second kappa shape index (κ2) is 6.77. The molecule has 0 aromatic carbocycles. The molecule has 0 bridgehead atoms. The summed E-state index contributed by atoms with van der Waals surface area (Å²) in [5.74, 6) is 0.675. The van der Waals surface area contributed by atoms with E-state index in [1.54, 1.807) is 11.3 Å². The highest BCUT2D eigenvalue weighted by Gasteiger charge is 2.18. The molecular weight excluding hydrogens is 232 g/mol. The second-order valence-electron chi connectivity index (χ2n) is 4.81. The molecule has 4 heteroatoms. The van der Waals surface area contributed by atoms with Crippen LogP contribution in [-0.4, -0.2) is 30.4 Å². The number of nitrogens with zero attached hydrogens (tertiary/aromatic N) is 1. The van der Waals surface area contributed by atoms with Crippen molar-refractivity contribution in [1.29, 1.82) is 0 Å². The van der Waals surface area contributed by atoms with Crippen LogP contribution in [0.25, 0.3) is 0 Å². The maximum Gasteiger partial charge on any atom is 0.237 e. The molecule has 0 aliphatic rings. The van der Waals surface area contributed by atoms with Crippen LogP contribution in [0.1, 0.15) is 25.6 Å². The molecule has 1 heterocycles. The van der Waals surface area contributed by atoms with Crippen LogP contribution in [0.5, 0.6) is 0 Å². The lowest BCUT2D eigenvalue weighted by molar-refractivity contribution is -0.125. The van der Waals surface area contributed by atoms with Crippen molar-refractivity contribution >= 4 is 17.2 Å². The molecule has 1 rings (SSSR count). The van der Waals surface area contributed by atoms with Crippen molar-refractivity contribution in [1.82, 2.24) is 10.2 Å². The van der Waals surface area contributed by atoms with Gasteiger partial charge in [0.1, 0.15) is 0 Å². The van der Waals surface area contributed by atoms with Gasteiger partial charge in [-0.25, -0.2) is 0 Å². The topological polar surface area (TPSA) is 32.3 Å². The summed E-state index contributed by atoms with van der Waals surface area (Å²) in [4.78, 5) is 15.2. The Kier molecular flexibility index (Phi) is 5.65. The molecule has 0 saturated heterocycles. The van der Waals surface area contributed by atoms with Crippen LogP contribution < -0.4 is 5.32 Å². The fraction of sp³-hybridized carbons (Fsp3) is 0.615. The number of nitrogens with one attached hydrogen (secondary N) is 1. The highest BCUT2D eigenvalue weighted by Crippen LogP contribution is 2.08. The quantitative estimate of drug-likeness (QED) is 0.845. The number of carbonyl (C=O) groups is 1. The van der Waals surface area contributed by atoms with E-state index in [2.05, 4.69) is 24.1 Å². The van der Waals surface area contributed by atoms with Crippen LogP contribution in [0.15, 0.2) is 17.5 Å². The van der Waals surface area contributed by atoms with Crippen molar-refractivity contribution in [3.8, 4) is 0 Å². The van der Waals surface area contributed by atoms with E-state index in [4.69, 9.17) is 0 Å². The van der Waals surface area contributed by atoms with Crippen LogP contribution >= 0.6 is 11.3 Å². The van der Waals surface area contributed by atoms with E-state index in [0.29, 0.717) is 12.5 Å². The van der Waals surface area contributed by atoms with Gasteiger partial charge in [0.05, 0.1) is 12.6 Å². The Bertz CT molecular complexity index is 335. The van der Waals surface area contributed by atoms with Gasteiger partial charge in [0.15, 0.2) is 0 Å². The van der Waals surface area contributed by atoms with E-state index >= 15 is 0 Å². The van der Waals surface area contributed by atoms with Gasteiger partial charge in [-0.3, -0.25) is 9.69 Å². The zero-order valence-electron chi connectivity index (χ0n) is 11.1. The average Bonchev–Trinajstić information content (AvgIpc) is 2.76. The molecule has 1 N–H and O–H groups in total. The maximum atomic E-state index is 11.9. The third kappa shape index (κ3) is 4.88. The first-order valence-electron chi connectivity index (χ1n) is 6.01. The third-order valence-corrected chi connectivity index (χ3v) is 3.59. The normalized spacial score (nSPS) is 13.1. The van der Waals surface area contributed by atoms with Crippen molar-refractivity contribution in [3.05, 3.63) is 22.4 Å². The van der Waals surface area contributed by atoms with Crippen molar-refractivity contribution in [2.75, 3.05) is 13.6 Å². The van der Waals surface area contributed by atoms with Gasteiger partial charge in [-0.2, -0.15) is 0 Å². The van der Waals surface area contributed by atoms with E-state index in [0.717, 1.165) is 6.54 Å². The summed E-state index contributed by atoms with van der Waals surface area (Å²) in [5.41, 5.74) is 0. The predicted octanol–water partition coefficient (Wildman–Crippen LogP) is 2.34. The van der Waals surface area contributed by atoms with Gasteiger partial charge >= 0.3 is 0 Å². The summed E-state index contributed by atoms with van der Waals surface area (Å²) in [6, 6.07) is 3.96. The van der Waals surface area contributed by atoms with Crippen LogP contribution in [0.3, 0.4) is 0 Å². The van der Waals surface area contributed by atoms with E-state index in [9.17, 15) is 4.79 Å². The van der Waals surface area contributed by atoms with Crippen molar-refractivity contribution < 1.29 is 4.79 Å². The first kappa shape index (κ1) is 14.2. The van der Waals surface area contributed by atoms with Crippen molar-refractivity contribution in [2.24, 2.45) is 5.92 Å². The summed E-state index contributed by atoms with van der Waals surface area (Å²) in [6.07, 6.45) is 0. The van der Waals surface area contributed by atoms with Crippen LogP contribution in [0, 0.1) is 5.92 Å². The molecule has 3 nitrogen and oxygen atoms in total. The Hall–Kier alpha value is -0.870. The third-order valence-electron chi connectivity index (χ3n) is 2.71. The van der Waals surface area contributed by atoms with Crippen molar-refractivity contribution in [3.63, 3.8) is 0 Å². The molecule has 0 saturated carbocycles. The molecule has 0 spiro atoms. The highest BCUT2D eigenvalue weighted by molar-refractivity contribution is 7.09. The number of likely N-dealkylation sites (N-methyl/N-ethyl adjacent to an activating group) is 1. The van der Waals surface area contributed by atoms with Crippen LogP contribution in [0.2, 0.25) is 0 Å². The summed E-state index contributed by atoms with van der Waals surface area (Å²) in [7, 11) is 2.00. The Morgan fingerprint density at radius 3 is 2.71 bits per heavy atom. The molecule has 0 fully saturated rings. The molecule has 1 amide bonds. The lowest BCUT2D eigenvalue weighted by Gasteiger charge is -2.25. The molecule has 1 aromatic rings. The van der Waals surface area contributed by atoms with Crippen molar-refractivity contribution in [2.45, 2.75) is 33.4 Å². The molecule has 0 radical (unpaired) electrons. The average molecular weight is 254 g/mol. The number of rotatable bonds is 6. The number of hydrogen-bond acceptors (Lipinski definition) is 3. The number of amides is 1. The minimum absolute atomic E-state index is 0.0719. The molecule has 1 atom stereocenters. The minimum Gasteiger partial charge on any atom is -0.350 e. The van der Waals surface area contributed by atoms with E-state index in [-0.39, 0.29) is 11.9 Å². The summed E-state index contributed by atoms with van der Waals surface area (Å²) in [6.45, 7) is 7.84. The summed E-state index contributed by atoms with van der Waals surface area (Å²) in [5, 5.41) is 4.99. The largest absolute Gasteiger partial charge is 0.350 e. The fourth-order valence-corrected chi connectivity index (χ4v) is 2.31. The van der Waals surface area contributed by atoms with Gasteiger partial charge in [0.25, 0.3) is 0 Å². The fourth-order valence-electron chi connectivity index (χ4n) is 1.67. The maximum absolute atomic E-state index is 11.9. The Morgan fingerprint density at radius 2 is 2.18 bits per heavy atom. The van der Waals surface area contributed by atoms with Gasteiger partial charge in [-0.1, -0.05) is 19.9 Å². The van der Waals surface area contributed by atoms with Gasteiger partial charge in [-0.05, 0) is 31.3 Å². The monoisotopic (exact) mass is 254 g/mol. The predicted molar refractivity (Wildman–Crippen MR) is 73.1 cm³/mol. The van der Waals surface area contributed by atoms with E-state index in [1.807, 2.05) is 31.5 Å². The first-order valence-corrected chi connectivity index (χ1v) is 6.89. The lowest BCUT2D eigenvalue weighted by Crippen LogP contribution is -2.44. The zero-order chi connectivity index (χ0) is 12.8. The summed E-state index contributed by atoms with van der Waals surface area (Å²) < 4.78 is 0. The Balaban J connectivity index is 2.36. The van der Waals surface area contributed by atoms with Gasteiger partial charge in [0, 0.05) is 11.4 Å². The van der Waals surface area contributed by atoms with E-state index in [1.165, 1.54) is 4.88 Å². The smallest absolute Gasteiger partial charge is 0.237 e. The highest BCUT2D eigenvalue weighted by atomic mass is 32.1. The first-order chi connectivity index (χ1) is 8.00. The molecule has 96 valence electrons. The van der Waals surface area contributed by atoms with Crippen LogP contribution in [-0.2, 0) is 11.3 Å². The van der Waals surface area contributed by atoms with Crippen LogP contribution in [0.4, 0.5) is 0 Å².